The van der Waals surface area contributed by atoms with Gasteiger partial charge in [0.25, 0.3) is 0 Å². The van der Waals surface area contributed by atoms with E-state index in [1.807, 2.05) is 0 Å². The summed E-state index contributed by atoms with van der Waals surface area (Å²) in [4.78, 5) is 21.0. The summed E-state index contributed by atoms with van der Waals surface area (Å²) in [6.07, 6.45) is 0.0799. The van der Waals surface area contributed by atoms with Gasteiger partial charge < -0.3 is 26.8 Å². The third-order valence-electron chi connectivity index (χ3n) is 2.34. The van der Waals surface area contributed by atoms with Crippen LogP contribution in [0.2, 0.25) is 0 Å². The smallest absolute Gasteiger partial charge is 0.312 e. The zero-order chi connectivity index (χ0) is 11.3. The van der Waals surface area contributed by atoms with Gasteiger partial charge >= 0.3 is 12.0 Å². The first-order valence-corrected chi connectivity index (χ1v) is 4.75. The Morgan fingerprint density at radius 2 is 2.07 bits per heavy atom. The van der Waals surface area contributed by atoms with E-state index in [4.69, 9.17) is 10.8 Å². The SMILES string of the molecule is NC(=O)NCCNC1(CC(=O)O)CNC1. The number of rotatable bonds is 6. The van der Waals surface area contributed by atoms with Gasteiger partial charge in [-0.2, -0.15) is 0 Å². The van der Waals surface area contributed by atoms with E-state index in [2.05, 4.69) is 16.0 Å². The molecular weight excluding hydrogens is 200 g/mol. The average molecular weight is 216 g/mol. The van der Waals surface area contributed by atoms with Crippen LogP contribution in [0.3, 0.4) is 0 Å². The Kier molecular flexibility index (Phi) is 3.87. The molecule has 0 radical (unpaired) electrons. The second kappa shape index (κ2) is 4.94. The number of carbonyl (C=O) groups is 2. The van der Waals surface area contributed by atoms with Crippen molar-refractivity contribution in [3.63, 3.8) is 0 Å². The lowest BCUT2D eigenvalue weighted by atomic mass is 9.88. The predicted octanol–water partition coefficient (Wildman–Crippen LogP) is -1.94. The van der Waals surface area contributed by atoms with Crippen LogP contribution in [-0.4, -0.2) is 48.8 Å². The van der Waals surface area contributed by atoms with Crippen LogP contribution in [0.15, 0.2) is 0 Å². The summed E-state index contributed by atoms with van der Waals surface area (Å²) in [5.41, 5.74) is 4.52. The fourth-order valence-electron chi connectivity index (χ4n) is 1.54. The largest absolute Gasteiger partial charge is 0.481 e. The number of nitrogens with two attached hydrogens (primary N) is 1. The molecule has 1 fully saturated rings. The van der Waals surface area contributed by atoms with Crippen molar-refractivity contribution in [2.24, 2.45) is 5.73 Å². The van der Waals surface area contributed by atoms with Crippen LogP contribution in [0.5, 0.6) is 0 Å². The molecule has 0 spiro atoms. The number of aliphatic carboxylic acids is 1. The molecule has 0 aromatic carbocycles. The number of carboxylic acid groups (broad SMARTS) is 1. The molecule has 0 saturated carbocycles. The molecule has 86 valence electrons. The highest BCUT2D eigenvalue weighted by Crippen LogP contribution is 2.15. The van der Waals surface area contributed by atoms with Crippen molar-refractivity contribution in [1.82, 2.24) is 16.0 Å². The zero-order valence-electron chi connectivity index (χ0n) is 8.38. The van der Waals surface area contributed by atoms with Crippen molar-refractivity contribution in [2.45, 2.75) is 12.0 Å². The van der Waals surface area contributed by atoms with Gasteiger partial charge in [0.05, 0.1) is 12.0 Å². The van der Waals surface area contributed by atoms with E-state index in [1.54, 1.807) is 0 Å². The van der Waals surface area contributed by atoms with Gasteiger partial charge in [-0.3, -0.25) is 4.79 Å². The summed E-state index contributed by atoms with van der Waals surface area (Å²) in [6, 6.07) is -0.573. The topological polar surface area (TPSA) is 116 Å². The van der Waals surface area contributed by atoms with E-state index < -0.39 is 12.0 Å². The fourth-order valence-corrected chi connectivity index (χ4v) is 1.54. The fraction of sp³-hybridized carbons (Fsp3) is 0.750. The van der Waals surface area contributed by atoms with Crippen molar-refractivity contribution in [3.05, 3.63) is 0 Å². The van der Waals surface area contributed by atoms with Gasteiger partial charge in [0.15, 0.2) is 0 Å². The van der Waals surface area contributed by atoms with Gasteiger partial charge in [-0.25, -0.2) is 4.79 Å². The molecule has 0 aliphatic carbocycles. The van der Waals surface area contributed by atoms with Crippen molar-refractivity contribution < 1.29 is 14.7 Å². The van der Waals surface area contributed by atoms with Gasteiger partial charge in [0.1, 0.15) is 0 Å². The quantitative estimate of drug-likeness (QED) is 0.331. The first kappa shape index (κ1) is 11.7. The zero-order valence-corrected chi connectivity index (χ0v) is 8.38. The van der Waals surface area contributed by atoms with Crippen LogP contribution < -0.4 is 21.7 Å². The number of hydrogen-bond acceptors (Lipinski definition) is 4. The Balaban J connectivity index is 2.22. The highest BCUT2D eigenvalue weighted by atomic mass is 16.4. The standard InChI is InChI=1S/C8H16N4O3/c9-7(15)11-1-2-12-8(3-6(13)14)4-10-5-8/h10,12H,1-5H2,(H,13,14)(H3,9,11,15). The van der Waals surface area contributed by atoms with E-state index in [1.165, 1.54) is 0 Å². The first-order chi connectivity index (χ1) is 7.04. The molecule has 0 atom stereocenters. The number of carboxylic acids is 1. The molecule has 7 nitrogen and oxygen atoms in total. The van der Waals surface area contributed by atoms with Crippen LogP contribution in [0.25, 0.3) is 0 Å². The van der Waals surface area contributed by atoms with Gasteiger partial charge in [0, 0.05) is 26.2 Å². The Bertz CT molecular complexity index is 252. The van der Waals surface area contributed by atoms with Crippen molar-refractivity contribution in [1.29, 1.82) is 0 Å². The van der Waals surface area contributed by atoms with Crippen molar-refractivity contribution in [2.75, 3.05) is 26.2 Å². The maximum atomic E-state index is 10.6. The number of primary amides is 1. The highest BCUT2D eigenvalue weighted by Gasteiger charge is 2.38. The molecule has 7 heteroatoms. The number of carbonyl (C=O) groups excluding carboxylic acids is 1. The highest BCUT2D eigenvalue weighted by molar-refractivity contribution is 5.71. The maximum absolute atomic E-state index is 10.6. The number of amides is 2. The molecule has 1 rings (SSSR count). The Morgan fingerprint density at radius 3 is 2.47 bits per heavy atom. The van der Waals surface area contributed by atoms with E-state index in [-0.39, 0.29) is 12.0 Å². The van der Waals surface area contributed by atoms with Crippen LogP contribution in [-0.2, 0) is 4.79 Å². The van der Waals surface area contributed by atoms with E-state index in [9.17, 15) is 9.59 Å². The Morgan fingerprint density at radius 1 is 1.40 bits per heavy atom. The second-order valence-corrected chi connectivity index (χ2v) is 3.67. The molecular formula is C8H16N4O3. The average Bonchev–Trinajstić information content (AvgIpc) is 2.06. The van der Waals surface area contributed by atoms with Crippen molar-refractivity contribution in [3.8, 4) is 0 Å². The molecule has 2 amide bonds. The normalized spacial score (nSPS) is 17.9. The lowest BCUT2D eigenvalue weighted by Gasteiger charge is -2.42. The lowest BCUT2D eigenvalue weighted by Crippen LogP contribution is -2.69. The summed E-state index contributed by atoms with van der Waals surface area (Å²) in [5.74, 6) is -0.827. The molecule has 6 N–H and O–H groups in total. The molecule has 1 aliphatic heterocycles. The van der Waals surface area contributed by atoms with Crippen LogP contribution in [0.4, 0.5) is 4.79 Å². The predicted molar refractivity (Wildman–Crippen MR) is 53.4 cm³/mol. The molecule has 15 heavy (non-hydrogen) atoms. The molecule has 1 heterocycles. The van der Waals surface area contributed by atoms with Crippen LogP contribution >= 0.6 is 0 Å². The second-order valence-electron chi connectivity index (χ2n) is 3.67. The molecule has 0 unspecified atom stereocenters. The third kappa shape index (κ3) is 3.72. The lowest BCUT2D eigenvalue weighted by molar-refractivity contribution is -0.139. The minimum Gasteiger partial charge on any atom is -0.481 e. The van der Waals surface area contributed by atoms with Gasteiger partial charge in [-0.15, -0.1) is 0 Å². The summed E-state index contributed by atoms with van der Waals surface area (Å²) in [7, 11) is 0. The minimum atomic E-state index is -0.827. The van der Waals surface area contributed by atoms with Crippen LogP contribution in [0.1, 0.15) is 6.42 Å². The van der Waals surface area contributed by atoms with Gasteiger partial charge in [-0.1, -0.05) is 0 Å². The number of urea groups is 1. The number of hydrogen-bond donors (Lipinski definition) is 5. The molecule has 0 bridgehead atoms. The minimum absolute atomic E-state index is 0.0799. The molecule has 1 saturated heterocycles. The monoisotopic (exact) mass is 216 g/mol. The summed E-state index contributed by atoms with van der Waals surface area (Å²) in [5, 5.41) is 17.3. The van der Waals surface area contributed by atoms with Crippen LogP contribution in [0, 0.1) is 0 Å². The maximum Gasteiger partial charge on any atom is 0.312 e. The molecule has 0 aromatic heterocycles. The van der Waals surface area contributed by atoms with Crippen molar-refractivity contribution >= 4 is 12.0 Å². The third-order valence-corrected chi connectivity index (χ3v) is 2.34. The summed E-state index contributed by atoms with van der Waals surface area (Å²) in [6.45, 7) is 2.18. The first-order valence-electron chi connectivity index (χ1n) is 4.75. The van der Waals surface area contributed by atoms with E-state index >= 15 is 0 Å². The summed E-state index contributed by atoms with van der Waals surface area (Å²) < 4.78 is 0. The van der Waals surface area contributed by atoms with E-state index in [0.29, 0.717) is 26.2 Å². The molecule has 1 aliphatic rings. The van der Waals surface area contributed by atoms with Gasteiger partial charge in [-0.05, 0) is 0 Å². The van der Waals surface area contributed by atoms with Gasteiger partial charge in [0.2, 0.25) is 0 Å². The number of nitrogens with one attached hydrogen (secondary N) is 3. The van der Waals surface area contributed by atoms with E-state index in [0.717, 1.165) is 0 Å². The summed E-state index contributed by atoms with van der Waals surface area (Å²) >= 11 is 0. The Labute approximate surface area is 87.4 Å². The Hall–Kier alpha value is -1.34. The molecule has 0 aromatic rings.